The largest absolute Gasteiger partial charge is 0.489 e. The summed E-state index contributed by atoms with van der Waals surface area (Å²) < 4.78 is 17.6. The van der Waals surface area contributed by atoms with Gasteiger partial charge in [-0.1, -0.05) is 24.4 Å². The van der Waals surface area contributed by atoms with Gasteiger partial charge in [0.15, 0.2) is 0 Å². The summed E-state index contributed by atoms with van der Waals surface area (Å²) in [4.78, 5) is 29.2. The zero-order chi connectivity index (χ0) is 25.0. The number of aromatic nitrogens is 1. The number of fused-ring (bicyclic) bond motifs is 2. The molecular formula is C27H32ClN3O5. The summed E-state index contributed by atoms with van der Waals surface area (Å²) in [5.74, 6) is -1.64. The number of hydrogen-bond acceptors (Lipinski definition) is 8. The molecule has 2 fully saturated rings. The first kappa shape index (κ1) is 24.8. The fourth-order valence-corrected chi connectivity index (χ4v) is 5.43. The van der Waals surface area contributed by atoms with Gasteiger partial charge in [-0.25, -0.2) is 0 Å². The summed E-state index contributed by atoms with van der Waals surface area (Å²) >= 11 is 6.61. The Kier molecular flexibility index (Phi) is 7.62. The molecule has 3 aliphatic rings. The number of nitrogens with one attached hydrogen (secondary N) is 2. The van der Waals surface area contributed by atoms with Crippen LogP contribution in [0, 0.1) is 0 Å². The summed E-state index contributed by atoms with van der Waals surface area (Å²) in [6.45, 7) is 1.24. The minimum absolute atomic E-state index is 0.000733. The van der Waals surface area contributed by atoms with Crippen molar-refractivity contribution < 1.29 is 23.8 Å². The third-order valence-corrected chi connectivity index (χ3v) is 7.34. The number of anilines is 1. The van der Waals surface area contributed by atoms with E-state index in [1.807, 2.05) is 12.1 Å². The molecule has 0 atom stereocenters. The highest BCUT2D eigenvalue weighted by atomic mass is 35.5. The van der Waals surface area contributed by atoms with Crippen molar-refractivity contribution in [2.45, 2.75) is 76.2 Å². The van der Waals surface area contributed by atoms with Crippen LogP contribution in [0.5, 0.6) is 5.75 Å². The average molecular weight is 514 g/mol. The van der Waals surface area contributed by atoms with Gasteiger partial charge >= 0.3 is 11.9 Å². The molecule has 2 aromatic rings. The topological polar surface area (TPSA) is 98.8 Å². The highest BCUT2D eigenvalue weighted by Gasteiger charge is 2.46. The summed E-state index contributed by atoms with van der Waals surface area (Å²) in [6.07, 6.45) is 9.88. The monoisotopic (exact) mass is 513 g/mol. The molecule has 2 aliphatic heterocycles. The van der Waals surface area contributed by atoms with Crippen molar-refractivity contribution in [3.8, 4) is 5.75 Å². The minimum Gasteiger partial charge on any atom is -0.489 e. The van der Waals surface area contributed by atoms with Crippen LogP contribution in [-0.2, 0) is 37.8 Å². The molecule has 5 rings (SSSR count). The maximum atomic E-state index is 12.3. The van der Waals surface area contributed by atoms with E-state index in [-0.39, 0.29) is 25.5 Å². The van der Waals surface area contributed by atoms with Gasteiger partial charge < -0.3 is 24.8 Å². The molecule has 36 heavy (non-hydrogen) atoms. The highest BCUT2D eigenvalue weighted by molar-refractivity contribution is 6.33. The molecule has 0 bridgehead atoms. The molecule has 0 unspecified atom stereocenters. The maximum absolute atomic E-state index is 12.3. The fraction of sp³-hybridized carbons (Fsp3) is 0.519. The molecule has 192 valence electrons. The standard InChI is InChI=1S/C27H32ClN3O5/c28-23-10-9-22-21(13-14-29-17-27(22)35-24(32)11-12-25(33)36-27)26(23)31-15-18-7-8-20(16-30-18)34-19-5-3-1-2-4-6-19/h7-10,16,19,29,31H,1-6,11-15,17H2. The minimum atomic E-state index is -1.51. The second-order valence-electron chi connectivity index (χ2n) is 9.65. The Bertz CT molecular complexity index is 1080. The SMILES string of the molecule is O=C1CCC(=O)OC2(CNCCc3c2ccc(Cl)c3NCc2ccc(OC3CCCCCC3)cn2)O1. The number of carbonyl (C=O) groups is 2. The van der Waals surface area contributed by atoms with Gasteiger partial charge in [0.1, 0.15) is 5.75 Å². The van der Waals surface area contributed by atoms with Gasteiger partial charge in [-0.05, 0) is 68.5 Å². The lowest BCUT2D eigenvalue weighted by Gasteiger charge is -2.32. The number of esters is 2. The quantitative estimate of drug-likeness (QED) is 0.441. The van der Waals surface area contributed by atoms with Gasteiger partial charge in [0, 0.05) is 5.56 Å². The molecule has 2 N–H and O–H groups in total. The first-order valence-electron chi connectivity index (χ1n) is 12.8. The van der Waals surface area contributed by atoms with Gasteiger partial charge in [-0.3, -0.25) is 14.6 Å². The first-order valence-corrected chi connectivity index (χ1v) is 13.2. The Labute approximate surface area is 216 Å². The van der Waals surface area contributed by atoms with Crippen LogP contribution >= 0.6 is 11.6 Å². The lowest BCUT2D eigenvalue weighted by atomic mass is 9.96. The highest BCUT2D eigenvalue weighted by Crippen LogP contribution is 2.40. The number of halogens is 1. The summed E-state index contributed by atoms with van der Waals surface area (Å²) in [7, 11) is 0. The van der Waals surface area contributed by atoms with E-state index in [0.29, 0.717) is 35.8 Å². The zero-order valence-electron chi connectivity index (χ0n) is 20.3. The number of hydrogen-bond donors (Lipinski definition) is 2. The number of pyridine rings is 1. The van der Waals surface area contributed by atoms with Crippen molar-refractivity contribution in [2.24, 2.45) is 0 Å². The summed E-state index contributed by atoms with van der Waals surface area (Å²) in [5.41, 5.74) is 3.03. The Hall–Kier alpha value is -2.84. The van der Waals surface area contributed by atoms with E-state index >= 15 is 0 Å². The van der Waals surface area contributed by atoms with Gasteiger partial charge in [-0.2, -0.15) is 0 Å². The van der Waals surface area contributed by atoms with E-state index in [1.54, 1.807) is 18.3 Å². The molecular weight excluding hydrogens is 482 g/mol. The molecule has 3 heterocycles. The van der Waals surface area contributed by atoms with Crippen LogP contribution in [0.4, 0.5) is 5.69 Å². The number of nitrogens with zero attached hydrogens (tertiary/aromatic N) is 1. The number of carbonyl (C=O) groups excluding carboxylic acids is 2. The zero-order valence-corrected chi connectivity index (χ0v) is 21.1. The molecule has 1 aromatic carbocycles. The van der Waals surface area contributed by atoms with Gasteiger partial charge in [0.25, 0.3) is 5.79 Å². The van der Waals surface area contributed by atoms with Crippen LogP contribution < -0.4 is 15.4 Å². The summed E-state index contributed by atoms with van der Waals surface area (Å²) in [5, 5.41) is 7.18. The lowest BCUT2D eigenvalue weighted by Crippen LogP contribution is -2.43. The van der Waals surface area contributed by atoms with Gasteiger partial charge in [0.2, 0.25) is 0 Å². The fourth-order valence-electron chi connectivity index (χ4n) is 5.18. The molecule has 8 nitrogen and oxygen atoms in total. The Morgan fingerprint density at radius 3 is 2.47 bits per heavy atom. The smallest absolute Gasteiger partial charge is 0.309 e. The lowest BCUT2D eigenvalue weighted by molar-refractivity contribution is -0.225. The molecule has 0 radical (unpaired) electrons. The van der Waals surface area contributed by atoms with Crippen molar-refractivity contribution in [2.75, 3.05) is 18.4 Å². The number of ether oxygens (including phenoxy) is 3. The Morgan fingerprint density at radius 2 is 1.78 bits per heavy atom. The molecule has 1 saturated carbocycles. The van der Waals surface area contributed by atoms with Crippen molar-refractivity contribution in [3.05, 3.63) is 52.3 Å². The van der Waals surface area contributed by atoms with Crippen molar-refractivity contribution in [3.63, 3.8) is 0 Å². The van der Waals surface area contributed by atoms with Crippen LogP contribution in [0.2, 0.25) is 5.02 Å². The van der Waals surface area contributed by atoms with Crippen LogP contribution in [0.3, 0.4) is 0 Å². The van der Waals surface area contributed by atoms with E-state index in [2.05, 4.69) is 15.6 Å². The third kappa shape index (κ3) is 5.60. The van der Waals surface area contributed by atoms with Crippen LogP contribution in [0.15, 0.2) is 30.5 Å². The molecule has 1 aromatic heterocycles. The Morgan fingerprint density at radius 1 is 1.03 bits per heavy atom. The number of rotatable bonds is 5. The van der Waals surface area contributed by atoms with E-state index in [9.17, 15) is 9.59 Å². The molecule has 0 amide bonds. The van der Waals surface area contributed by atoms with Gasteiger partial charge in [0.05, 0.1) is 54.6 Å². The normalized spacial score (nSPS) is 20.4. The molecule has 1 spiro atoms. The first-order chi connectivity index (χ1) is 17.5. The molecule has 1 aliphatic carbocycles. The van der Waals surface area contributed by atoms with E-state index in [0.717, 1.165) is 29.8 Å². The Balaban J connectivity index is 1.34. The second-order valence-corrected chi connectivity index (χ2v) is 10.1. The number of benzene rings is 1. The van der Waals surface area contributed by atoms with Crippen molar-refractivity contribution in [1.29, 1.82) is 0 Å². The third-order valence-electron chi connectivity index (χ3n) is 7.02. The molecule has 9 heteroatoms. The molecule has 1 saturated heterocycles. The van der Waals surface area contributed by atoms with Crippen LogP contribution in [0.25, 0.3) is 0 Å². The van der Waals surface area contributed by atoms with Crippen LogP contribution in [-0.4, -0.2) is 36.1 Å². The van der Waals surface area contributed by atoms with E-state index < -0.39 is 17.7 Å². The van der Waals surface area contributed by atoms with Crippen molar-refractivity contribution >= 4 is 29.2 Å². The average Bonchev–Trinajstić information content (AvgIpc) is 3.28. The van der Waals surface area contributed by atoms with Crippen molar-refractivity contribution in [1.82, 2.24) is 10.3 Å². The predicted octanol–water partition coefficient (Wildman–Crippen LogP) is 4.63. The van der Waals surface area contributed by atoms with E-state index in [1.165, 1.54) is 25.7 Å². The van der Waals surface area contributed by atoms with Gasteiger partial charge in [-0.15, -0.1) is 0 Å². The predicted molar refractivity (Wildman–Crippen MR) is 135 cm³/mol. The van der Waals surface area contributed by atoms with E-state index in [4.69, 9.17) is 25.8 Å². The van der Waals surface area contributed by atoms with Crippen LogP contribution in [0.1, 0.15) is 68.2 Å². The maximum Gasteiger partial charge on any atom is 0.309 e. The summed E-state index contributed by atoms with van der Waals surface area (Å²) in [6, 6.07) is 7.43. The second kappa shape index (κ2) is 11.0.